The first-order valence-electron chi connectivity index (χ1n) is 7.46. The number of halogens is 2. The molecule has 6 nitrogen and oxygen atoms in total. The third-order valence-corrected chi connectivity index (χ3v) is 4.01. The lowest BCUT2D eigenvalue weighted by Crippen LogP contribution is -2.37. The summed E-state index contributed by atoms with van der Waals surface area (Å²) in [5, 5.41) is -0.162. The van der Waals surface area contributed by atoms with Gasteiger partial charge in [0.05, 0.1) is 0 Å². The van der Waals surface area contributed by atoms with Gasteiger partial charge in [0.25, 0.3) is 0 Å². The Morgan fingerprint density at radius 2 is 1.35 bits per heavy atom. The Kier molecular flexibility index (Phi) is 5.16. The monoisotopic (exact) mass is 386 g/mol. The van der Waals surface area contributed by atoms with Gasteiger partial charge in [-0.15, -0.1) is 0 Å². The van der Waals surface area contributed by atoms with Crippen molar-refractivity contribution in [3.8, 4) is 11.4 Å². The summed E-state index contributed by atoms with van der Waals surface area (Å²) in [4.78, 5) is 33.3. The van der Waals surface area contributed by atoms with Crippen molar-refractivity contribution in [2.75, 3.05) is 4.90 Å². The average Bonchev–Trinajstić information content (AvgIpc) is 2.65. The highest BCUT2D eigenvalue weighted by Gasteiger charge is 2.28. The summed E-state index contributed by atoms with van der Waals surface area (Å²) in [6, 6.07) is 17.4. The Morgan fingerprint density at radius 3 is 1.85 bits per heavy atom. The normalized spacial score (nSPS) is 10.4. The minimum Gasteiger partial charge on any atom is -0.361 e. The number of primary amides is 1. The van der Waals surface area contributed by atoms with Crippen LogP contribution in [0.3, 0.4) is 0 Å². The van der Waals surface area contributed by atoms with Gasteiger partial charge in [-0.2, -0.15) is 0 Å². The molecule has 0 aliphatic rings. The second kappa shape index (κ2) is 7.51. The molecule has 0 spiro atoms. The Balaban J connectivity index is 2.16. The van der Waals surface area contributed by atoms with Crippen LogP contribution in [-0.4, -0.2) is 21.8 Å². The zero-order chi connectivity index (χ0) is 18.7. The smallest absolute Gasteiger partial charge is 0.320 e. The first-order valence-corrected chi connectivity index (χ1v) is 8.22. The molecule has 2 amide bonds. The van der Waals surface area contributed by atoms with E-state index in [-0.39, 0.29) is 16.0 Å². The molecule has 0 fully saturated rings. The molecule has 0 aliphatic carbocycles. The van der Waals surface area contributed by atoms with Crippen molar-refractivity contribution >= 4 is 46.4 Å². The maximum atomic E-state index is 12.4. The SMILES string of the molecule is NC(=O)C(=O)N(c1ccccc1)c1c(Cl)nc(-c2ccccc2)nc1Cl. The topological polar surface area (TPSA) is 89.2 Å². The van der Waals surface area contributed by atoms with E-state index in [4.69, 9.17) is 28.9 Å². The van der Waals surface area contributed by atoms with Gasteiger partial charge in [0, 0.05) is 11.3 Å². The van der Waals surface area contributed by atoms with Crippen LogP contribution < -0.4 is 10.6 Å². The third-order valence-electron chi connectivity index (χ3n) is 3.48. The van der Waals surface area contributed by atoms with Crippen LogP contribution in [0.4, 0.5) is 11.4 Å². The number of carbonyl (C=O) groups is 2. The second-order valence-corrected chi connectivity index (χ2v) is 5.90. The van der Waals surface area contributed by atoms with Crippen LogP contribution in [0, 0.1) is 0 Å². The Hall–Kier alpha value is -2.96. The second-order valence-electron chi connectivity index (χ2n) is 5.18. The van der Waals surface area contributed by atoms with Gasteiger partial charge in [0.2, 0.25) is 0 Å². The van der Waals surface area contributed by atoms with Crippen LogP contribution in [0.25, 0.3) is 11.4 Å². The van der Waals surface area contributed by atoms with E-state index in [2.05, 4.69) is 9.97 Å². The summed E-state index contributed by atoms with van der Waals surface area (Å²) >= 11 is 12.6. The van der Waals surface area contributed by atoms with Gasteiger partial charge < -0.3 is 5.73 Å². The summed E-state index contributed by atoms with van der Waals surface area (Å²) in [7, 11) is 0. The largest absolute Gasteiger partial charge is 0.361 e. The minimum atomic E-state index is -1.16. The Morgan fingerprint density at radius 1 is 0.846 bits per heavy atom. The Labute approximate surface area is 159 Å². The quantitative estimate of drug-likeness (QED) is 0.549. The number of amides is 2. The molecule has 8 heteroatoms. The van der Waals surface area contributed by atoms with Crippen molar-refractivity contribution in [3.63, 3.8) is 0 Å². The van der Waals surface area contributed by atoms with Gasteiger partial charge >= 0.3 is 11.8 Å². The number of para-hydroxylation sites is 1. The fourth-order valence-corrected chi connectivity index (χ4v) is 2.89. The molecule has 26 heavy (non-hydrogen) atoms. The molecule has 2 aromatic carbocycles. The lowest BCUT2D eigenvalue weighted by molar-refractivity contribution is -0.135. The van der Waals surface area contributed by atoms with Crippen LogP contribution in [0.2, 0.25) is 10.3 Å². The van der Waals surface area contributed by atoms with E-state index >= 15 is 0 Å². The van der Waals surface area contributed by atoms with E-state index in [0.717, 1.165) is 4.90 Å². The molecule has 0 radical (unpaired) electrons. The van der Waals surface area contributed by atoms with Gasteiger partial charge in [0.1, 0.15) is 5.69 Å². The minimum absolute atomic E-state index is 0.0111. The molecule has 0 unspecified atom stereocenters. The van der Waals surface area contributed by atoms with Crippen LogP contribution in [0.1, 0.15) is 0 Å². The highest BCUT2D eigenvalue weighted by Crippen LogP contribution is 2.37. The third kappa shape index (κ3) is 3.51. The fraction of sp³-hybridized carbons (Fsp3) is 0. The molecule has 0 saturated heterocycles. The van der Waals surface area contributed by atoms with Gasteiger partial charge in [-0.25, -0.2) is 9.97 Å². The first kappa shape index (κ1) is 17.8. The predicted molar refractivity (Wildman–Crippen MR) is 100 cm³/mol. The number of rotatable bonds is 3. The van der Waals surface area contributed by atoms with Crippen LogP contribution in [0.15, 0.2) is 60.7 Å². The lowest BCUT2D eigenvalue weighted by Gasteiger charge is -2.23. The zero-order valence-corrected chi connectivity index (χ0v) is 14.8. The summed E-state index contributed by atoms with van der Waals surface area (Å²) < 4.78 is 0. The predicted octanol–water partition coefficient (Wildman–Crippen LogP) is 3.60. The molecule has 0 bridgehead atoms. The highest BCUT2D eigenvalue weighted by atomic mass is 35.5. The van der Waals surface area contributed by atoms with Crippen molar-refractivity contribution in [2.24, 2.45) is 5.73 Å². The standard InChI is InChI=1S/C18H12Cl2N4O2/c19-14-13(15(20)23-17(22-14)11-7-3-1-4-8-11)24(18(26)16(21)25)12-9-5-2-6-10-12/h1-10H,(H2,21,25). The van der Waals surface area contributed by atoms with Crippen molar-refractivity contribution in [1.82, 2.24) is 9.97 Å². The van der Waals surface area contributed by atoms with Crippen molar-refractivity contribution in [2.45, 2.75) is 0 Å². The van der Waals surface area contributed by atoms with Crippen LogP contribution in [0.5, 0.6) is 0 Å². The Bertz CT molecular complexity index is 942. The summed E-state index contributed by atoms with van der Waals surface area (Å²) in [6.45, 7) is 0. The molecule has 0 atom stereocenters. The summed E-state index contributed by atoms with van der Waals surface area (Å²) in [5.74, 6) is -1.87. The van der Waals surface area contributed by atoms with E-state index in [1.54, 1.807) is 42.5 Å². The van der Waals surface area contributed by atoms with E-state index < -0.39 is 11.8 Å². The highest BCUT2D eigenvalue weighted by molar-refractivity contribution is 6.45. The maximum Gasteiger partial charge on any atom is 0.320 e. The van der Waals surface area contributed by atoms with Gasteiger partial charge in [-0.3, -0.25) is 14.5 Å². The number of carbonyl (C=O) groups excluding carboxylic acids is 2. The molecule has 1 aromatic heterocycles. The molecule has 3 rings (SSSR count). The molecular formula is C18H12Cl2N4O2. The zero-order valence-electron chi connectivity index (χ0n) is 13.3. The summed E-state index contributed by atoms with van der Waals surface area (Å²) in [6.07, 6.45) is 0. The van der Waals surface area contributed by atoms with E-state index in [1.807, 2.05) is 18.2 Å². The average molecular weight is 387 g/mol. The molecule has 0 aliphatic heterocycles. The van der Waals surface area contributed by atoms with Crippen molar-refractivity contribution < 1.29 is 9.59 Å². The van der Waals surface area contributed by atoms with E-state index in [0.29, 0.717) is 17.1 Å². The van der Waals surface area contributed by atoms with E-state index in [1.165, 1.54) is 0 Å². The molecule has 2 N–H and O–H groups in total. The number of anilines is 2. The van der Waals surface area contributed by atoms with Gasteiger partial charge in [0.15, 0.2) is 16.1 Å². The number of hydrogen-bond acceptors (Lipinski definition) is 4. The number of nitrogens with zero attached hydrogens (tertiary/aromatic N) is 3. The lowest BCUT2D eigenvalue weighted by atomic mass is 10.2. The van der Waals surface area contributed by atoms with Crippen LogP contribution in [-0.2, 0) is 9.59 Å². The van der Waals surface area contributed by atoms with Crippen LogP contribution >= 0.6 is 23.2 Å². The molecule has 130 valence electrons. The maximum absolute atomic E-state index is 12.4. The molecular weight excluding hydrogens is 375 g/mol. The van der Waals surface area contributed by atoms with E-state index in [9.17, 15) is 9.59 Å². The van der Waals surface area contributed by atoms with Gasteiger partial charge in [-0.1, -0.05) is 71.7 Å². The number of nitrogens with two attached hydrogens (primary N) is 1. The number of hydrogen-bond donors (Lipinski definition) is 1. The molecule has 0 saturated carbocycles. The fourth-order valence-electron chi connectivity index (χ4n) is 2.34. The van der Waals surface area contributed by atoms with Gasteiger partial charge in [-0.05, 0) is 12.1 Å². The first-order chi connectivity index (χ1) is 12.5. The molecule has 1 heterocycles. The molecule has 3 aromatic rings. The van der Waals surface area contributed by atoms with Crippen molar-refractivity contribution in [1.29, 1.82) is 0 Å². The van der Waals surface area contributed by atoms with Crippen molar-refractivity contribution in [3.05, 3.63) is 71.0 Å². The number of aromatic nitrogens is 2. The number of benzene rings is 2. The summed E-state index contributed by atoms with van der Waals surface area (Å²) in [5.41, 5.74) is 6.23.